The highest BCUT2D eigenvalue weighted by Gasteiger charge is 2.44. The van der Waals surface area contributed by atoms with Gasteiger partial charge in [-0.05, 0) is 57.6 Å². The van der Waals surface area contributed by atoms with Crippen LogP contribution in [0.15, 0.2) is 29.1 Å². The molecule has 3 atom stereocenters. The van der Waals surface area contributed by atoms with Gasteiger partial charge in [-0.15, -0.1) is 0 Å². The first-order chi connectivity index (χ1) is 15.7. The quantitative estimate of drug-likeness (QED) is 0.640. The van der Waals surface area contributed by atoms with Crippen molar-refractivity contribution in [1.82, 2.24) is 14.5 Å². The van der Waals surface area contributed by atoms with Crippen LogP contribution in [0.1, 0.15) is 94.1 Å². The van der Waals surface area contributed by atoms with Gasteiger partial charge in [0.2, 0.25) is 5.69 Å². The second kappa shape index (κ2) is 9.34. The average molecular weight is 438 g/mol. The molecule has 2 bridgehead atoms. The van der Waals surface area contributed by atoms with E-state index >= 15 is 0 Å². The third-order valence-electron chi connectivity index (χ3n) is 7.89. The van der Waals surface area contributed by atoms with Crippen molar-refractivity contribution in [2.75, 3.05) is 6.61 Å². The number of ether oxygens (including phenoxy) is 1. The standard InChI is InChI=1S/C26H35N3O3/c1-2-32-26(31)24-25(30)29(23-13-9-8-12-22(23)27-24)21-16-19-14-15-20(17-21)28(19)18-10-6-4-3-5-7-11-18/h8-9,12-13,18-21H,2-7,10-11,14-17H2,1H3/t19-,20+,21+. The van der Waals surface area contributed by atoms with Crippen molar-refractivity contribution in [3.8, 4) is 0 Å². The molecule has 6 heteroatoms. The van der Waals surface area contributed by atoms with Gasteiger partial charge in [0.25, 0.3) is 5.56 Å². The lowest BCUT2D eigenvalue weighted by molar-refractivity contribution is 0.0483. The van der Waals surface area contributed by atoms with Gasteiger partial charge in [-0.25, -0.2) is 9.78 Å². The van der Waals surface area contributed by atoms with Crippen LogP contribution in [0.3, 0.4) is 0 Å². The van der Waals surface area contributed by atoms with Gasteiger partial charge >= 0.3 is 5.97 Å². The predicted octanol–water partition coefficient (Wildman–Crippen LogP) is 4.85. The molecule has 3 aliphatic rings. The molecular weight excluding hydrogens is 402 g/mol. The molecule has 0 spiro atoms. The van der Waals surface area contributed by atoms with Crippen LogP contribution in [0.5, 0.6) is 0 Å². The minimum Gasteiger partial charge on any atom is -0.461 e. The number of fused-ring (bicyclic) bond motifs is 3. The summed E-state index contributed by atoms with van der Waals surface area (Å²) in [5.74, 6) is -0.619. The molecule has 1 aromatic heterocycles. The Labute approximate surface area is 190 Å². The zero-order chi connectivity index (χ0) is 22.1. The monoisotopic (exact) mass is 437 g/mol. The number of carbonyl (C=O) groups is 1. The number of hydrogen-bond acceptors (Lipinski definition) is 5. The number of para-hydroxylation sites is 2. The first-order valence-electron chi connectivity index (χ1n) is 12.6. The summed E-state index contributed by atoms with van der Waals surface area (Å²) >= 11 is 0. The van der Waals surface area contributed by atoms with Crippen LogP contribution in [0, 0.1) is 0 Å². The van der Waals surface area contributed by atoms with E-state index in [1.165, 1.54) is 57.8 Å². The van der Waals surface area contributed by atoms with Gasteiger partial charge in [-0.3, -0.25) is 9.69 Å². The van der Waals surface area contributed by atoms with Gasteiger partial charge in [-0.1, -0.05) is 44.2 Å². The molecule has 1 saturated carbocycles. The third kappa shape index (κ3) is 3.98. The number of esters is 1. The lowest BCUT2D eigenvalue weighted by Gasteiger charge is -2.45. The molecule has 1 aliphatic carbocycles. The van der Waals surface area contributed by atoms with Gasteiger partial charge in [0.05, 0.1) is 17.6 Å². The van der Waals surface area contributed by atoms with E-state index in [-0.39, 0.29) is 23.9 Å². The summed E-state index contributed by atoms with van der Waals surface area (Å²) in [5, 5.41) is 0. The fourth-order valence-corrected chi connectivity index (χ4v) is 6.57. The maximum atomic E-state index is 13.5. The maximum absolute atomic E-state index is 13.5. The van der Waals surface area contributed by atoms with Crippen LogP contribution in [0.4, 0.5) is 0 Å². The SMILES string of the molecule is CCOC(=O)c1nc2ccccc2n([C@H]2C[C@H]3CC[C@@H](C2)N3C2CCCCCCC2)c1=O. The first-order valence-corrected chi connectivity index (χ1v) is 12.6. The van der Waals surface area contributed by atoms with Crippen LogP contribution in [-0.4, -0.2) is 45.2 Å². The van der Waals surface area contributed by atoms with Crippen LogP contribution < -0.4 is 5.56 Å². The van der Waals surface area contributed by atoms with Gasteiger partial charge < -0.3 is 9.30 Å². The smallest absolute Gasteiger partial charge is 0.362 e. The molecule has 2 aromatic rings. The largest absolute Gasteiger partial charge is 0.461 e. The van der Waals surface area contributed by atoms with Gasteiger partial charge in [0.1, 0.15) is 0 Å². The molecule has 1 aromatic carbocycles. The van der Waals surface area contributed by atoms with E-state index in [0.717, 1.165) is 18.4 Å². The van der Waals surface area contributed by atoms with E-state index < -0.39 is 5.97 Å². The molecule has 3 heterocycles. The Bertz CT molecular complexity index is 1010. The van der Waals surface area contributed by atoms with Crippen LogP contribution in [0.2, 0.25) is 0 Å². The lowest BCUT2D eigenvalue weighted by Crippen LogP contribution is -2.50. The summed E-state index contributed by atoms with van der Waals surface area (Å²) < 4.78 is 7.02. The molecular formula is C26H35N3O3. The normalized spacial score (nSPS) is 27.2. The zero-order valence-electron chi connectivity index (χ0n) is 19.2. The topological polar surface area (TPSA) is 64.4 Å². The highest BCUT2D eigenvalue weighted by atomic mass is 16.5. The van der Waals surface area contributed by atoms with E-state index in [2.05, 4.69) is 9.88 Å². The summed E-state index contributed by atoms with van der Waals surface area (Å²) in [4.78, 5) is 33.2. The van der Waals surface area contributed by atoms with Crippen LogP contribution in [0.25, 0.3) is 11.0 Å². The Morgan fingerprint density at radius 1 is 0.938 bits per heavy atom. The Hall–Kier alpha value is -2.21. The molecule has 6 nitrogen and oxygen atoms in total. The summed E-state index contributed by atoms with van der Waals surface area (Å²) in [6.07, 6.45) is 13.9. The lowest BCUT2D eigenvalue weighted by atomic mass is 9.89. The molecule has 5 rings (SSSR count). The van der Waals surface area contributed by atoms with E-state index in [1.54, 1.807) is 6.92 Å². The van der Waals surface area contributed by atoms with Crippen molar-refractivity contribution in [2.45, 2.75) is 102 Å². The fourth-order valence-electron chi connectivity index (χ4n) is 6.57. The third-order valence-corrected chi connectivity index (χ3v) is 7.89. The van der Waals surface area contributed by atoms with Crippen molar-refractivity contribution >= 4 is 17.0 Å². The number of aromatic nitrogens is 2. The predicted molar refractivity (Wildman–Crippen MR) is 125 cm³/mol. The van der Waals surface area contributed by atoms with Crippen LogP contribution >= 0.6 is 0 Å². The maximum Gasteiger partial charge on any atom is 0.362 e. The highest BCUT2D eigenvalue weighted by Crippen LogP contribution is 2.44. The van der Waals surface area contributed by atoms with Crippen molar-refractivity contribution in [3.63, 3.8) is 0 Å². The Morgan fingerprint density at radius 2 is 1.59 bits per heavy atom. The van der Waals surface area contributed by atoms with E-state index in [0.29, 0.717) is 23.6 Å². The van der Waals surface area contributed by atoms with Crippen molar-refractivity contribution < 1.29 is 9.53 Å². The molecule has 0 unspecified atom stereocenters. The molecule has 2 saturated heterocycles. The van der Waals surface area contributed by atoms with E-state index in [9.17, 15) is 9.59 Å². The summed E-state index contributed by atoms with van der Waals surface area (Å²) in [5.41, 5.74) is 1.13. The van der Waals surface area contributed by atoms with Crippen LogP contribution in [-0.2, 0) is 4.74 Å². The number of piperidine rings is 1. The molecule has 0 radical (unpaired) electrons. The minimum atomic E-state index is -0.619. The molecule has 172 valence electrons. The molecule has 0 N–H and O–H groups in total. The first kappa shape index (κ1) is 21.6. The van der Waals surface area contributed by atoms with Crippen molar-refractivity contribution in [3.05, 3.63) is 40.3 Å². The van der Waals surface area contributed by atoms with Crippen molar-refractivity contribution in [2.24, 2.45) is 0 Å². The van der Waals surface area contributed by atoms with Gasteiger partial charge in [0.15, 0.2) is 0 Å². The summed E-state index contributed by atoms with van der Waals surface area (Å²) in [7, 11) is 0. The fraction of sp³-hybridized carbons (Fsp3) is 0.654. The zero-order valence-corrected chi connectivity index (χ0v) is 19.2. The summed E-state index contributed by atoms with van der Waals surface area (Å²) in [6, 6.07) is 9.57. The number of benzene rings is 1. The average Bonchev–Trinajstić information content (AvgIpc) is 3.02. The number of rotatable bonds is 4. The second-order valence-corrected chi connectivity index (χ2v) is 9.80. The number of carbonyl (C=O) groups excluding carboxylic acids is 1. The second-order valence-electron chi connectivity index (χ2n) is 9.80. The van der Waals surface area contributed by atoms with Gasteiger partial charge in [-0.2, -0.15) is 0 Å². The molecule has 3 fully saturated rings. The van der Waals surface area contributed by atoms with E-state index in [1.807, 2.05) is 28.8 Å². The number of nitrogens with zero attached hydrogens (tertiary/aromatic N) is 3. The Kier molecular flexibility index (Phi) is 6.31. The Morgan fingerprint density at radius 3 is 2.28 bits per heavy atom. The van der Waals surface area contributed by atoms with Crippen molar-refractivity contribution in [1.29, 1.82) is 0 Å². The minimum absolute atomic E-state index is 0.0830. The molecule has 0 amide bonds. The Balaban J connectivity index is 1.47. The highest BCUT2D eigenvalue weighted by molar-refractivity contribution is 5.89. The van der Waals surface area contributed by atoms with Gasteiger partial charge in [0, 0.05) is 24.2 Å². The van der Waals surface area contributed by atoms with E-state index in [4.69, 9.17) is 4.74 Å². The molecule has 2 aliphatic heterocycles. The molecule has 32 heavy (non-hydrogen) atoms. The number of hydrogen-bond donors (Lipinski definition) is 0. The summed E-state index contributed by atoms with van der Waals surface area (Å²) in [6.45, 7) is 1.98.